The SMILES string of the molecule is C[C@H](Nc1cccc(-c2nnc3n2CCCCC3)c1)C(=O)Nc1ccccc1F. The number of carbonyl (C=O) groups is 1. The molecule has 0 aliphatic carbocycles. The fraction of sp³-hybridized carbons (Fsp3) is 0.318. The van der Waals surface area contributed by atoms with Crippen molar-refractivity contribution in [2.45, 2.75) is 45.2 Å². The molecule has 0 bridgehead atoms. The summed E-state index contributed by atoms with van der Waals surface area (Å²) >= 11 is 0. The van der Waals surface area contributed by atoms with Gasteiger partial charge in [0.2, 0.25) is 5.91 Å². The van der Waals surface area contributed by atoms with Crippen LogP contribution in [0.5, 0.6) is 0 Å². The summed E-state index contributed by atoms with van der Waals surface area (Å²) in [7, 11) is 0. The summed E-state index contributed by atoms with van der Waals surface area (Å²) in [5.41, 5.74) is 1.92. The van der Waals surface area contributed by atoms with Crippen molar-refractivity contribution in [2.24, 2.45) is 0 Å². The zero-order chi connectivity index (χ0) is 20.2. The van der Waals surface area contributed by atoms with Crippen LogP contribution in [-0.4, -0.2) is 26.7 Å². The third-order valence-corrected chi connectivity index (χ3v) is 5.14. The maximum Gasteiger partial charge on any atom is 0.246 e. The fourth-order valence-corrected chi connectivity index (χ4v) is 3.57. The lowest BCUT2D eigenvalue weighted by Gasteiger charge is -2.16. The Morgan fingerprint density at radius 3 is 2.83 bits per heavy atom. The Morgan fingerprint density at radius 1 is 1.10 bits per heavy atom. The molecule has 0 radical (unpaired) electrons. The molecule has 3 aromatic rings. The van der Waals surface area contributed by atoms with Crippen molar-refractivity contribution in [3.63, 3.8) is 0 Å². The van der Waals surface area contributed by atoms with Gasteiger partial charge in [0.1, 0.15) is 17.7 Å². The fourth-order valence-electron chi connectivity index (χ4n) is 3.57. The number of amides is 1. The number of fused-ring (bicyclic) bond motifs is 1. The van der Waals surface area contributed by atoms with Gasteiger partial charge in [0.15, 0.2) is 5.82 Å². The minimum absolute atomic E-state index is 0.172. The normalized spacial score (nSPS) is 14.6. The Morgan fingerprint density at radius 2 is 1.97 bits per heavy atom. The molecular weight excluding hydrogens is 369 g/mol. The van der Waals surface area contributed by atoms with Crippen LogP contribution in [0.4, 0.5) is 15.8 Å². The summed E-state index contributed by atoms with van der Waals surface area (Å²) in [6.07, 6.45) is 4.44. The number of anilines is 2. The highest BCUT2D eigenvalue weighted by Gasteiger charge is 2.18. The van der Waals surface area contributed by atoms with Gasteiger partial charge in [-0.05, 0) is 44.0 Å². The molecule has 0 saturated carbocycles. The molecule has 0 fully saturated rings. The van der Waals surface area contributed by atoms with Gasteiger partial charge in [-0.1, -0.05) is 30.7 Å². The predicted molar refractivity (Wildman–Crippen MR) is 111 cm³/mol. The molecule has 4 rings (SSSR count). The third kappa shape index (κ3) is 4.29. The number of carbonyl (C=O) groups excluding carboxylic acids is 1. The van der Waals surface area contributed by atoms with Crippen molar-refractivity contribution in [2.75, 3.05) is 10.6 Å². The smallest absolute Gasteiger partial charge is 0.246 e. The van der Waals surface area contributed by atoms with Gasteiger partial charge in [-0.3, -0.25) is 4.79 Å². The standard InChI is InChI=1S/C22H24FN5O/c1-15(22(29)25-19-11-5-4-10-18(19)23)24-17-9-7-8-16(14-17)21-27-26-20-12-3-2-6-13-28(20)21/h4-5,7-11,14-15,24H,2-3,6,12-13H2,1H3,(H,25,29)/t15-/m0/s1. The number of aryl methyl sites for hydroxylation is 1. The van der Waals surface area contributed by atoms with Crippen molar-refractivity contribution >= 4 is 17.3 Å². The number of para-hydroxylation sites is 1. The van der Waals surface area contributed by atoms with E-state index in [1.54, 1.807) is 19.1 Å². The minimum Gasteiger partial charge on any atom is -0.374 e. The number of halogens is 1. The van der Waals surface area contributed by atoms with E-state index in [4.69, 9.17) is 0 Å². The first-order valence-corrected chi connectivity index (χ1v) is 9.96. The van der Waals surface area contributed by atoms with Crippen LogP contribution in [0.2, 0.25) is 0 Å². The van der Waals surface area contributed by atoms with Crippen LogP contribution in [0.1, 0.15) is 32.0 Å². The number of nitrogens with one attached hydrogen (secondary N) is 2. The lowest BCUT2D eigenvalue weighted by molar-refractivity contribution is -0.116. The Labute approximate surface area is 169 Å². The van der Waals surface area contributed by atoms with E-state index in [1.807, 2.05) is 24.3 Å². The largest absolute Gasteiger partial charge is 0.374 e. The molecule has 0 spiro atoms. The monoisotopic (exact) mass is 393 g/mol. The lowest BCUT2D eigenvalue weighted by atomic mass is 10.1. The van der Waals surface area contributed by atoms with Crippen LogP contribution in [0, 0.1) is 5.82 Å². The average Bonchev–Trinajstić information content (AvgIpc) is 2.98. The molecule has 1 amide bonds. The van der Waals surface area contributed by atoms with E-state index in [-0.39, 0.29) is 11.6 Å². The van der Waals surface area contributed by atoms with Crippen LogP contribution >= 0.6 is 0 Å². The molecule has 1 aliphatic heterocycles. The Hall–Kier alpha value is -3.22. The molecule has 7 heteroatoms. The van der Waals surface area contributed by atoms with E-state index >= 15 is 0 Å². The highest BCUT2D eigenvalue weighted by atomic mass is 19.1. The highest BCUT2D eigenvalue weighted by Crippen LogP contribution is 2.25. The van der Waals surface area contributed by atoms with Gasteiger partial charge in [-0.2, -0.15) is 0 Å². The molecule has 6 nitrogen and oxygen atoms in total. The van der Waals surface area contributed by atoms with Crippen molar-refractivity contribution in [1.82, 2.24) is 14.8 Å². The molecule has 2 N–H and O–H groups in total. The second kappa shape index (κ2) is 8.43. The summed E-state index contributed by atoms with van der Waals surface area (Å²) in [6, 6.07) is 13.4. The molecule has 2 aromatic carbocycles. The summed E-state index contributed by atoms with van der Waals surface area (Å²) in [6.45, 7) is 2.67. The zero-order valence-corrected chi connectivity index (χ0v) is 16.4. The molecule has 0 saturated heterocycles. The van der Waals surface area contributed by atoms with E-state index < -0.39 is 11.9 Å². The van der Waals surface area contributed by atoms with E-state index in [9.17, 15) is 9.18 Å². The minimum atomic E-state index is -0.541. The maximum absolute atomic E-state index is 13.8. The van der Waals surface area contributed by atoms with Gasteiger partial charge in [0, 0.05) is 24.2 Å². The van der Waals surface area contributed by atoms with E-state index in [0.29, 0.717) is 0 Å². The Bertz CT molecular complexity index is 1020. The number of rotatable bonds is 5. The van der Waals surface area contributed by atoms with Gasteiger partial charge in [-0.15, -0.1) is 10.2 Å². The van der Waals surface area contributed by atoms with Crippen LogP contribution in [0.3, 0.4) is 0 Å². The van der Waals surface area contributed by atoms with Crippen LogP contribution in [-0.2, 0) is 17.8 Å². The average molecular weight is 393 g/mol. The van der Waals surface area contributed by atoms with Crippen LogP contribution < -0.4 is 10.6 Å². The number of hydrogen-bond donors (Lipinski definition) is 2. The second-order valence-electron chi connectivity index (χ2n) is 7.32. The summed E-state index contributed by atoms with van der Waals surface area (Å²) in [5, 5.41) is 14.6. The topological polar surface area (TPSA) is 71.8 Å². The quantitative estimate of drug-likeness (QED) is 0.680. The van der Waals surface area contributed by atoms with Crippen LogP contribution in [0.25, 0.3) is 11.4 Å². The molecule has 150 valence electrons. The third-order valence-electron chi connectivity index (χ3n) is 5.14. The summed E-state index contributed by atoms with van der Waals surface area (Å²) < 4.78 is 16.0. The summed E-state index contributed by atoms with van der Waals surface area (Å²) in [4.78, 5) is 12.4. The van der Waals surface area contributed by atoms with Gasteiger partial charge >= 0.3 is 0 Å². The van der Waals surface area contributed by atoms with Crippen molar-refractivity contribution in [1.29, 1.82) is 0 Å². The zero-order valence-electron chi connectivity index (χ0n) is 16.4. The summed E-state index contributed by atoms with van der Waals surface area (Å²) in [5.74, 6) is 1.13. The van der Waals surface area contributed by atoms with Gasteiger partial charge < -0.3 is 15.2 Å². The van der Waals surface area contributed by atoms with E-state index in [1.165, 1.54) is 18.6 Å². The number of aromatic nitrogens is 3. The molecule has 2 heterocycles. The molecule has 0 unspecified atom stereocenters. The predicted octanol–water partition coefficient (Wildman–Crippen LogP) is 4.25. The lowest BCUT2D eigenvalue weighted by Crippen LogP contribution is -2.32. The number of hydrogen-bond acceptors (Lipinski definition) is 4. The maximum atomic E-state index is 13.8. The Balaban J connectivity index is 1.49. The van der Waals surface area contributed by atoms with Gasteiger partial charge in [-0.25, -0.2) is 4.39 Å². The van der Waals surface area contributed by atoms with Crippen LogP contribution in [0.15, 0.2) is 48.5 Å². The van der Waals surface area contributed by atoms with E-state index in [2.05, 4.69) is 25.4 Å². The molecule has 1 aliphatic rings. The molecule has 1 aromatic heterocycles. The first kappa shape index (κ1) is 19.1. The number of benzene rings is 2. The molecular formula is C22H24FN5O. The van der Waals surface area contributed by atoms with E-state index in [0.717, 1.165) is 48.7 Å². The first-order valence-electron chi connectivity index (χ1n) is 9.96. The van der Waals surface area contributed by atoms with Crippen molar-refractivity contribution < 1.29 is 9.18 Å². The number of nitrogens with zero attached hydrogens (tertiary/aromatic N) is 3. The van der Waals surface area contributed by atoms with Crippen molar-refractivity contribution in [3.05, 3.63) is 60.2 Å². The Kier molecular flexibility index (Phi) is 5.55. The van der Waals surface area contributed by atoms with Crippen molar-refractivity contribution in [3.8, 4) is 11.4 Å². The van der Waals surface area contributed by atoms with Gasteiger partial charge in [0.25, 0.3) is 0 Å². The highest BCUT2D eigenvalue weighted by molar-refractivity contribution is 5.96. The first-order chi connectivity index (χ1) is 14.1. The van der Waals surface area contributed by atoms with Gasteiger partial charge in [0.05, 0.1) is 5.69 Å². The molecule has 1 atom stereocenters. The molecule has 29 heavy (non-hydrogen) atoms. The second-order valence-corrected chi connectivity index (χ2v) is 7.32.